The number of sulfonamides is 1. The highest BCUT2D eigenvalue weighted by Gasteiger charge is 2.39. The van der Waals surface area contributed by atoms with Gasteiger partial charge in [0.25, 0.3) is 10.0 Å². The summed E-state index contributed by atoms with van der Waals surface area (Å²) in [5.74, 6) is 0. The molecule has 2 N–H and O–H groups in total. The van der Waals surface area contributed by atoms with Crippen molar-refractivity contribution in [3.63, 3.8) is 0 Å². The zero-order valence-corrected chi connectivity index (χ0v) is 12.2. The summed E-state index contributed by atoms with van der Waals surface area (Å²) < 4.78 is 26.8. The molecule has 0 aliphatic rings. The van der Waals surface area contributed by atoms with E-state index in [0.717, 1.165) is 11.3 Å². The third-order valence-electron chi connectivity index (χ3n) is 2.78. The molecule has 0 aliphatic carbocycles. The van der Waals surface area contributed by atoms with Gasteiger partial charge in [0.15, 0.2) is 4.21 Å². The van der Waals surface area contributed by atoms with Crippen molar-refractivity contribution in [2.24, 2.45) is 0 Å². The average molecular weight is 278 g/mol. The van der Waals surface area contributed by atoms with E-state index in [1.54, 1.807) is 34.6 Å². The fourth-order valence-electron chi connectivity index (χ4n) is 0.977. The van der Waals surface area contributed by atoms with E-state index in [4.69, 9.17) is 0 Å². The molecule has 98 valence electrons. The molecule has 0 saturated heterocycles. The molecule has 0 radical (unpaired) electrons. The zero-order chi connectivity index (χ0) is 13.5. The molecule has 7 heteroatoms. The van der Waals surface area contributed by atoms with Crippen molar-refractivity contribution in [3.8, 4) is 0 Å². The minimum atomic E-state index is -3.63. The first-order valence-corrected chi connectivity index (χ1v) is 7.44. The minimum absolute atomic E-state index is 0.160. The van der Waals surface area contributed by atoms with Crippen molar-refractivity contribution in [2.45, 2.75) is 50.0 Å². The molecule has 1 rings (SSSR count). The zero-order valence-electron chi connectivity index (χ0n) is 10.6. The lowest BCUT2D eigenvalue weighted by Gasteiger charge is -2.37. The molecule has 0 unspecified atom stereocenters. The normalized spacial score (nSPS) is 14.0. The van der Waals surface area contributed by atoms with Crippen LogP contribution in [0.15, 0.2) is 10.4 Å². The Hall–Kier alpha value is -0.500. The minimum Gasteiger partial charge on any atom is -0.389 e. The van der Waals surface area contributed by atoms with Crippen molar-refractivity contribution < 1.29 is 13.5 Å². The second kappa shape index (κ2) is 4.31. The van der Waals surface area contributed by atoms with Gasteiger partial charge in [0.2, 0.25) is 0 Å². The van der Waals surface area contributed by atoms with Crippen molar-refractivity contribution in [1.29, 1.82) is 0 Å². The van der Waals surface area contributed by atoms with Gasteiger partial charge in [-0.15, -0.1) is 11.3 Å². The van der Waals surface area contributed by atoms with E-state index in [-0.39, 0.29) is 4.21 Å². The highest BCUT2D eigenvalue weighted by Crippen LogP contribution is 2.25. The highest BCUT2D eigenvalue weighted by atomic mass is 32.2. The quantitative estimate of drug-likeness (QED) is 0.869. The Balaban J connectivity index is 3.03. The van der Waals surface area contributed by atoms with Gasteiger partial charge in [-0.2, -0.15) is 0 Å². The number of nitrogens with zero attached hydrogens (tertiary/aromatic N) is 1. The van der Waals surface area contributed by atoms with Crippen molar-refractivity contribution >= 4 is 21.4 Å². The van der Waals surface area contributed by atoms with Crippen LogP contribution < -0.4 is 4.72 Å². The Morgan fingerprint density at radius 1 is 1.35 bits per heavy atom. The predicted molar refractivity (Wildman–Crippen MR) is 67.5 cm³/mol. The summed E-state index contributed by atoms with van der Waals surface area (Å²) in [5.41, 5.74) is -2.14. The predicted octanol–water partition coefficient (Wildman–Crippen LogP) is 1.28. The van der Waals surface area contributed by atoms with E-state index in [1.165, 1.54) is 6.20 Å². The van der Waals surface area contributed by atoms with Gasteiger partial charge in [0, 0.05) is 0 Å². The molecule has 1 aromatic heterocycles. The molecule has 0 fully saturated rings. The van der Waals surface area contributed by atoms with E-state index >= 15 is 0 Å². The molecule has 0 atom stereocenters. The summed E-state index contributed by atoms with van der Waals surface area (Å²) in [4.78, 5) is 3.91. The van der Waals surface area contributed by atoms with E-state index in [0.29, 0.717) is 5.01 Å². The van der Waals surface area contributed by atoms with Gasteiger partial charge in [-0.3, -0.25) is 0 Å². The number of nitrogens with one attached hydrogen (secondary N) is 1. The van der Waals surface area contributed by atoms with Gasteiger partial charge in [0.05, 0.1) is 22.3 Å². The molecule has 0 aliphatic heterocycles. The summed E-state index contributed by atoms with van der Waals surface area (Å²) in [5, 5.41) is 10.6. The Kier molecular flexibility index (Phi) is 3.69. The fraction of sp³-hybridized carbons (Fsp3) is 0.700. The lowest BCUT2D eigenvalue weighted by Crippen LogP contribution is -2.57. The summed E-state index contributed by atoms with van der Waals surface area (Å²) in [6.45, 7) is 8.14. The molecule has 0 amide bonds. The summed E-state index contributed by atoms with van der Waals surface area (Å²) in [7, 11) is -3.63. The Labute approximate surface area is 106 Å². The number of rotatable bonds is 4. The molecule has 1 aromatic rings. The molecule has 0 aromatic carbocycles. The number of hydrogen-bond acceptors (Lipinski definition) is 5. The molecule has 0 spiro atoms. The fourth-order valence-corrected chi connectivity index (χ4v) is 3.62. The first-order valence-electron chi connectivity index (χ1n) is 5.14. The van der Waals surface area contributed by atoms with Gasteiger partial charge in [-0.05, 0) is 34.6 Å². The lowest BCUT2D eigenvalue weighted by atomic mass is 9.87. The van der Waals surface area contributed by atoms with Crippen molar-refractivity contribution in [3.05, 3.63) is 11.2 Å². The molecule has 0 bridgehead atoms. The maximum Gasteiger partial charge on any atom is 0.252 e. The van der Waals surface area contributed by atoms with Crippen LogP contribution in [0.2, 0.25) is 0 Å². The number of thiazole rings is 1. The SMILES string of the molecule is Cc1ncc(S(=O)(=O)NC(C)(C)C(C)(C)O)s1. The van der Waals surface area contributed by atoms with Crippen LogP contribution in [0.25, 0.3) is 0 Å². The van der Waals surface area contributed by atoms with E-state index in [1.807, 2.05) is 0 Å². The second-order valence-corrected chi connectivity index (χ2v) is 8.13. The van der Waals surface area contributed by atoms with Gasteiger partial charge in [-0.1, -0.05) is 0 Å². The van der Waals surface area contributed by atoms with Crippen molar-refractivity contribution in [2.75, 3.05) is 0 Å². The van der Waals surface area contributed by atoms with Gasteiger partial charge < -0.3 is 5.11 Å². The average Bonchev–Trinajstić information content (AvgIpc) is 2.48. The maximum atomic E-state index is 12.1. The monoisotopic (exact) mass is 278 g/mol. The first kappa shape index (κ1) is 14.6. The summed E-state index contributed by atoms with van der Waals surface area (Å²) in [6.07, 6.45) is 1.32. The van der Waals surface area contributed by atoms with Crippen LogP contribution in [0, 0.1) is 6.92 Å². The van der Waals surface area contributed by atoms with Crippen LogP contribution in [0.1, 0.15) is 32.7 Å². The van der Waals surface area contributed by atoms with Crippen LogP contribution in [0.3, 0.4) is 0 Å². The second-order valence-electron chi connectivity index (χ2n) is 4.99. The van der Waals surface area contributed by atoms with Crippen LogP contribution in [0.4, 0.5) is 0 Å². The smallest absolute Gasteiger partial charge is 0.252 e. The topological polar surface area (TPSA) is 79.3 Å². The Morgan fingerprint density at radius 3 is 2.24 bits per heavy atom. The van der Waals surface area contributed by atoms with Crippen LogP contribution >= 0.6 is 11.3 Å². The molecule has 0 saturated carbocycles. The van der Waals surface area contributed by atoms with Crippen LogP contribution in [0.5, 0.6) is 0 Å². The van der Waals surface area contributed by atoms with Gasteiger partial charge >= 0.3 is 0 Å². The molecule has 17 heavy (non-hydrogen) atoms. The number of aliphatic hydroxyl groups is 1. The third-order valence-corrected chi connectivity index (χ3v) is 5.81. The van der Waals surface area contributed by atoms with Gasteiger partial charge in [-0.25, -0.2) is 18.1 Å². The number of hydrogen-bond donors (Lipinski definition) is 2. The first-order chi connectivity index (χ1) is 7.46. The molecule has 5 nitrogen and oxygen atoms in total. The summed E-state index contributed by atoms with van der Waals surface area (Å²) >= 11 is 1.10. The number of aryl methyl sites for hydroxylation is 1. The van der Waals surface area contributed by atoms with Gasteiger partial charge in [0.1, 0.15) is 0 Å². The van der Waals surface area contributed by atoms with E-state index < -0.39 is 21.2 Å². The van der Waals surface area contributed by atoms with Crippen LogP contribution in [-0.2, 0) is 10.0 Å². The molecular weight excluding hydrogens is 260 g/mol. The molecule has 1 heterocycles. The third kappa shape index (κ3) is 3.25. The standard InChI is InChI=1S/C10H18N2O3S2/c1-7-11-6-8(16-7)17(14,15)12-9(2,3)10(4,5)13/h6,12-13H,1-5H3. The van der Waals surface area contributed by atoms with Crippen LogP contribution in [-0.4, -0.2) is 29.6 Å². The molecular formula is C10H18N2O3S2. The van der Waals surface area contributed by atoms with E-state index in [9.17, 15) is 13.5 Å². The lowest BCUT2D eigenvalue weighted by molar-refractivity contribution is 0.00641. The van der Waals surface area contributed by atoms with E-state index in [2.05, 4.69) is 9.71 Å². The Morgan fingerprint density at radius 2 is 1.88 bits per heavy atom. The maximum absolute atomic E-state index is 12.1. The summed E-state index contributed by atoms with van der Waals surface area (Å²) in [6, 6.07) is 0. The van der Waals surface area contributed by atoms with Crippen molar-refractivity contribution in [1.82, 2.24) is 9.71 Å². The highest BCUT2D eigenvalue weighted by molar-refractivity contribution is 7.91. The number of aromatic nitrogens is 1. The largest absolute Gasteiger partial charge is 0.389 e. The Bertz CT molecular complexity index is 498.